The highest BCUT2D eigenvalue weighted by molar-refractivity contribution is 9.10. The van der Waals surface area contributed by atoms with Crippen molar-refractivity contribution in [2.24, 2.45) is 0 Å². The van der Waals surface area contributed by atoms with Crippen molar-refractivity contribution in [3.63, 3.8) is 0 Å². The number of para-hydroxylation sites is 1. The fraction of sp³-hybridized carbons (Fsp3) is 0.118. The van der Waals surface area contributed by atoms with Gasteiger partial charge in [-0.25, -0.2) is 0 Å². The van der Waals surface area contributed by atoms with E-state index < -0.39 is 4.92 Å². The van der Waals surface area contributed by atoms with Crippen molar-refractivity contribution >= 4 is 44.1 Å². The van der Waals surface area contributed by atoms with Crippen LogP contribution in [0.25, 0.3) is 10.9 Å². The Morgan fingerprint density at radius 1 is 1.25 bits per heavy atom. The van der Waals surface area contributed by atoms with Crippen LogP contribution >= 0.6 is 15.9 Å². The molecule has 0 radical (unpaired) electrons. The highest BCUT2D eigenvalue weighted by Crippen LogP contribution is 2.40. The fourth-order valence-corrected chi connectivity index (χ4v) is 3.66. The molecule has 0 saturated carbocycles. The molecule has 4 rings (SSSR count). The Morgan fingerprint density at radius 3 is 2.79 bits per heavy atom. The number of aromatic nitrogens is 1. The second kappa shape index (κ2) is 5.45. The largest absolute Gasteiger partial charge is 0.351 e. The van der Waals surface area contributed by atoms with Crippen molar-refractivity contribution in [3.05, 3.63) is 68.3 Å². The van der Waals surface area contributed by atoms with Crippen molar-refractivity contribution in [1.82, 2.24) is 4.98 Å². The van der Waals surface area contributed by atoms with Crippen molar-refractivity contribution in [2.45, 2.75) is 6.42 Å². The lowest BCUT2D eigenvalue weighted by atomic mass is 10.1. The summed E-state index contributed by atoms with van der Waals surface area (Å²) >= 11 is 3.30. The third kappa shape index (κ3) is 2.28. The van der Waals surface area contributed by atoms with E-state index in [-0.39, 0.29) is 11.6 Å². The molecule has 0 aliphatic carbocycles. The number of benzene rings is 2. The Labute approximate surface area is 145 Å². The topological polar surface area (TPSA) is 79.2 Å². The predicted molar refractivity (Wildman–Crippen MR) is 94.5 cm³/mol. The van der Waals surface area contributed by atoms with Crippen LogP contribution in [0.1, 0.15) is 16.1 Å². The summed E-state index contributed by atoms with van der Waals surface area (Å²) in [5.74, 6) is -0.254. The van der Waals surface area contributed by atoms with E-state index in [9.17, 15) is 14.9 Å². The molecule has 1 N–H and O–H groups in total. The van der Waals surface area contributed by atoms with Crippen LogP contribution in [0.2, 0.25) is 0 Å². The Hall–Kier alpha value is -2.67. The summed E-state index contributed by atoms with van der Waals surface area (Å²) in [6.07, 6.45) is 0.599. The van der Waals surface area contributed by atoms with Crippen LogP contribution in [0.5, 0.6) is 0 Å². The maximum absolute atomic E-state index is 12.9. The molecule has 24 heavy (non-hydrogen) atoms. The molecule has 7 heteroatoms. The normalized spacial score (nSPS) is 13.3. The zero-order chi connectivity index (χ0) is 16.8. The zero-order valence-electron chi connectivity index (χ0n) is 12.5. The lowest BCUT2D eigenvalue weighted by Crippen LogP contribution is -2.29. The number of nitrogens with zero attached hydrogens (tertiary/aromatic N) is 2. The quantitative estimate of drug-likeness (QED) is 0.533. The second-order valence-corrected chi connectivity index (χ2v) is 6.58. The first kappa shape index (κ1) is 14.9. The number of carbonyl (C=O) groups is 1. The van der Waals surface area contributed by atoms with E-state index in [1.54, 1.807) is 6.07 Å². The number of halogens is 1. The standard InChI is InChI=1S/C17H12BrN3O3/c18-12-7-11-5-6-20(16(11)15(9-12)21(23)24)17(22)14-8-10-3-1-2-4-13(10)19-14/h1-4,7-9,19H,5-6H2. The summed E-state index contributed by atoms with van der Waals surface area (Å²) in [6.45, 7) is 0.431. The summed E-state index contributed by atoms with van der Waals surface area (Å²) in [4.78, 5) is 28.4. The maximum Gasteiger partial charge on any atom is 0.294 e. The van der Waals surface area contributed by atoms with Crippen LogP contribution in [0.3, 0.4) is 0 Å². The average molecular weight is 386 g/mol. The monoisotopic (exact) mass is 385 g/mol. The van der Waals surface area contributed by atoms with Crippen LogP contribution in [-0.2, 0) is 6.42 Å². The fourth-order valence-electron chi connectivity index (χ4n) is 3.16. The maximum atomic E-state index is 12.9. The molecule has 0 unspecified atom stereocenters. The average Bonchev–Trinajstić information content (AvgIpc) is 3.16. The highest BCUT2D eigenvalue weighted by atomic mass is 79.9. The van der Waals surface area contributed by atoms with Crippen LogP contribution < -0.4 is 4.90 Å². The van der Waals surface area contributed by atoms with Gasteiger partial charge < -0.3 is 9.88 Å². The Balaban J connectivity index is 1.80. The van der Waals surface area contributed by atoms with E-state index in [0.29, 0.717) is 28.8 Å². The number of carbonyl (C=O) groups excluding carboxylic acids is 1. The summed E-state index contributed by atoms with van der Waals surface area (Å²) in [5.41, 5.74) is 2.44. The van der Waals surface area contributed by atoms with E-state index in [4.69, 9.17) is 0 Å². The van der Waals surface area contributed by atoms with Crippen molar-refractivity contribution in [3.8, 4) is 0 Å². The van der Waals surface area contributed by atoms with Gasteiger partial charge in [-0.2, -0.15) is 0 Å². The van der Waals surface area contributed by atoms with Gasteiger partial charge in [-0.3, -0.25) is 14.9 Å². The number of hydrogen-bond donors (Lipinski definition) is 1. The number of hydrogen-bond acceptors (Lipinski definition) is 3. The minimum Gasteiger partial charge on any atom is -0.351 e. The van der Waals surface area contributed by atoms with Gasteiger partial charge in [0.25, 0.3) is 11.6 Å². The van der Waals surface area contributed by atoms with E-state index in [1.807, 2.05) is 30.3 Å². The van der Waals surface area contributed by atoms with Gasteiger partial charge in [-0.15, -0.1) is 0 Å². The van der Waals surface area contributed by atoms with Gasteiger partial charge in [0.2, 0.25) is 0 Å². The summed E-state index contributed by atoms with van der Waals surface area (Å²) < 4.78 is 0.646. The first-order valence-corrected chi connectivity index (χ1v) is 8.20. The molecule has 0 spiro atoms. The lowest BCUT2D eigenvalue weighted by molar-refractivity contribution is -0.384. The van der Waals surface area contributed by atoms with Gasteiger partial charge >= 0.3 is 0 Å². The van der Waals surface area contributed by atoms with Crippen LogP contribution in [0.15, 0.2) is 46.9 Å². The first-order valence-electron chi connectivity index (χ1n) is 7.41. The molecule has 0 atom stereocenters. The SMILES string of the molecule is O=C(c1cc2ccccc2[nH]1)N1CCc2cc(Br)cc([N+](=O)[O-])c21. The molecule has 2 aromatic carbocycles. The number of aromatic amines is 1. The molecule has 2 heterocycles. The van der Waals surface area contributed by atoms with Gasteiger partial charge in [0.15, 0.2) is 0 Å². The number of nitrogens with one attached hydrogen (secondary N) is 1. The molecule has 1 aliphatic rings. The van der Waals surface area contributed by atoms with E-state index >= 15 is 0 Å². The van der Waals surface area contributed by atoms with Crippen molar-refractivity contribution < 1.29 is 9.72 Å². The summed E-state index contributed by atoms with van der Waals surface area (Å²) in [6, 6.07) is 12.7. The summed E-state index contributed by atoms with van der Waals surface area (Å²) in [5, 5.41) is 12.3. The highest BCUT2D eigenvalue weighted by Gasteiger charge is 2.33. The molecule has 1 aromatic heterocycles. The molecular formula is C17H12BrN3O3. The smallest absolute Gasteiger partial charge is 0.294 e. The van der Waals surface area contributed by atoms with E-state index in [1.165, 1.54) is 11.0 Å². The number of nitro groups is 1. The molecule has 120 valence electrons. The van der Waals surface area contributed by atoms with Gasteiger partial charge in [0.05, 0.1) is 4.92 Å². The molecule has 0 saturated heterocycles. The van der Waals surface area contributed by atoms with Gasteiger partial charge in [-0.05, 0) is 30.2 Å². The lowest BCUT2D eigenvalue weighted by Gasteiger charge is -2.16. The van der Waals surface area contributed by atoms with Crippen molar-refractivity contribution in [2.75, 3.05) is 11.4 Å². The third-order valence-corrected chi connectivity index (χ3v) is 4.67. The molecule has 3 aromatic rings. The molecule has 6 nitrogen and oxygen atoms in total. The molecule has 1 aliphatic heterocycles. The predicted octanol–water partition coefficient (Wildman–Crippen LogP) is 4.04. The molecule has 0 fully saturated rings. The van der Waals surface area contributed by atoms with Crippen molar-refractivity contribution in [1.29, 1.82) is 0 Å². The van der Waals surface area contributed by atoms with Crippen LogP contribution in [0.4, 0.5) is 11.4 Å². The minimum atomic E-state index is -0.444. The van der Waals surface area contributed by atoms with Crippen LogP contribution in [0, 0.1) is 10.1 Å². The van der Waals surface area contributed by atoms with E-state index in [2.05, 4.69) is 20.9 Å². The number of H-pyrrole nitrogens is 1. The van der Waals surface area contributed by atoms with Gasteiger partial charge in [0, 0.05) is 28.0 Å². The van der Waals surface area contributed by atoms with E-state index in [0.717, 1.165) is 16.5 Å². The number of fused-ring (bicyclic) bond motifs is 2. The van der Waals surface area contributed by atoms with Crippen LogP contribution in [-0.4, -0.2) is 22.4 Å². The first-order chi connectivity index (χ1) is 11.5. The Kier molecular flexibility index (Phi) is 3.38. The number of anilines is 1. The Morgan fingerprint density at radius 2 is 2.04 bits per heavy atom. The molecular weight excluding hydrogens is 374 g/mol. The minimum absolute atomic E-state index is 0.0543. The number of amides is 1. The van der Waals surface area contributed by atoms with Gasteiger partial charge in [-0.1, -0.05) is 34.1 Å². The molecule has 1 amide bonds. The number of rotatable bonds is 2. The Bertz CT molecular complexity index is 963. The zero-order valence-corrected chi connectivity index (χ0v) is 14.0. The molecule has 0 bridgehead atoms. The van der Waals surface area contributed by atoms with Gasteiger partial charge in [0.1, 0.15) is 11.4 Å². The number of nitro benzene ring substituents is 1. The second-order valence-electron chi connectivity index (χ2n) is 5.67. The third-order valence-electron chi connectivity index (χ3n) is 4.21. The summed E-state index contributed by atoms with van der Waals surface area (Å²) in [7, 11) is 0.